The summed E-state index contributed by atoms with van der Waals surface area (Å²) in [6.45, 7) is 5.64. The van der Waals surface area contributed by atoms with E-state index < -0.39 is 22.7 Å². The molecular weight excluding hydrogens is 526 g/mol. The molecule has 2 heterocycles. The van der Waals surface area contributed by atoms with Gasteiger partial charge >= 0.3 is 0 Å². The van der Waals surface area contributed by atoms with Crippen LogP contribution in [0.25, 0.3) is 5.76 Å². The van der Waals surface area contributed by atoms with Gasteiger partial charge in [-0.3, -0.25) is 24.6 Å². The van der Waals surface area contributed by atoms with Gasteiger partial charge in [-0.05, 0) is 42.3 Å². The highest BCUT2D eigenvalue weighted by Crippen LogP contribution is 2.40. The SMILES string of the molecule is Cc1cccc(COc2ccc(C(O)=C3C(=O)C(=O)N(CCN4CCOCC4)C3c3cccc([N+](=O)[O-])c3)cc2)c1. The first-order chi connectivity index (χ1) is 19.8. The molecule has 2 aliphatic rings. The number of hydrogen-bond acceptors (Lipinski definition) is 8. The molecule has 2 aliphatic heterocycles. The number of aliphatic hydroxyl groups is 1. The third-order valence-electron chi connectivity index (χ3n) is 7.31. The summed E-state index contributed by atoms with van der Waals surface area (Å²) in [5, 5.41) is 22.9. The highest BCUT2D eigenvalue weighted by Gasteiger charge is 2.46. The Hall–Kier alpha value is -4.54. The minimum atomic E-state index is -0.979. The van der Waals surface area contributed by atoms with Crippen molar-refractivity contribution in [3.8, 4) is 5.75 Å². The lowest BCUT2D eigenvalue weighted by atomic mass is 9.95. The molecule has 0 radical (unpaired) electrons. The van der Waals surface area contributed by atoms with Crippen molar-refractivity contribution < 1.29 is 29.1 Å². The van der Waals surface area contributed by atoms with E-state index in [1.165, 1.54) is 23.1 Å². The van der Waals surface area contributed by atoms with E-state index in [0.717, 1.165) is 11.1 Å². The number of ether oxygens (including phenoxy) is 2. The Morgan fingerprint density at radius 3 is 2.46 bits per heavy atom. The van der Waals surface area contributed by atoms with Gasteiger partial charge in [0, 0.05) is 43.9 Å². The summed E-state index contributed by atoms with van der Waals surface area (Å²) < 4.78 is 11.3. The van der Waals surface area contributed by atoms with Crippen LogP contribution in [0.1, 0.15) is 28.3 Å². The largest absolute Gasteiger partial charge is 0.507 e. The fourth-order valence-electron chi connectivity index (χ4n) is 5.17. The van der Waals surface area contributed by atoms with E-state index in [-0.39, 0.29) is 23.6 Å². The summed E-state index contributed by atoms with van der Waals surface area (Å²) in [4.78, 5) is 41.1. The summed E-state index contributed by atoms with van der Waals surface area (Å²) in [6, 6.07) is 19.4. The molecule has 212 valence electrons. The number of aliphatic hydroxyl groups excluding tert-OH is 1. The zero-order valence-electron chi connectivity index (χ0n) is 22.7. The third kappa shape index (κ3) is 6.29. The summed E-state index contributed by atoms with van der Waals surface area (Å²) >= 11 is 0. The zero-order valence-corrected chi connectivity index (χ0v) is 22.7. The number of carbonyl (C=O) groups excluding carboxylic acids is 2. The van der Waals surface area contributed by atoms with Crippen LogP contribution in [0, 0.1) is 17.0 Å². The minimum Gasteiger partial charge on any atom is -0.507 e. The molecule has 3 aromatic rings. The second-order valence-electron chi connectivity index (χ2n) is 10.1. The van der Waals surface area contributed by atoms with Crippen molar-refractivity contribution in [1.82, 2.24) is 9.80 Å². The number of nitro benzene ring substituents is 1. The Morgan fingerprint density at radius 2 is 1.76 bits per heavy atom. The number of aryl methyl sites for hydroxylation is 1. The molecule has 2 saturated heterocycles. The van der Waals surface area contributed by atoms with Gasteiger partial charge < -0.3 is 19.5 Å². The quantitative estimate of drug-likeness (QED) is 0.136. The topological polar surface area (TPSA) is 122 Å². The smallest absolute Gasteiger partial charge is 0.295 e. The van der Waals surface area contributed by atoms with Crippen LogP contribution in [0.15, 0.2) is 78.4 Å². The van der Waals surface area contributed by atoms with Crippen molar-refractivity contribution in [1.29, 1.82) is 0 Å². The van der Waals surface area contributed by atoms with E-state index in [1.807, 2.05) is 31.2 Å². The predicted octanol–water partition coefficient (Wildman–Crippen LogP) is 4.24. The maximum Gasteiger partial charge on any atom is 0.295 e. The number of likely N-dealkylation sites (tertiary alicyclic amines) is 1. The van der Waals surface area contributed by atoms with E-state index in [1.54, 1.807) is 30.3 Å². The van der Waals surface area contributed by atoms with Gasteiger partial charge in [0.25, 0.3) is 17.4 Å². The van der Waals surface area contributed by atoms with Crippen molar-refractivity contribution in [2.45, 2.75) is 19.6 Å². The number of hydrogen-bond donors (Lipinski definition) is 1. The number of amides is 1. The zero-order chi connectivity index (χ0) is 28.9. The number of nitro groups is 1. The molecule has 10 nitrogen and oxygen atoms in total. The highest BCUT2D eigenvalue weighted by atomic mass is 16.6. The highest BCUT2D eigenvalue weighted by molar-refractivity contribution is 6.46. The number of benzene rings is 3. The maximum absolute atomic E-state index is 13.3. The van der Waals surface area contributed by atoms with Gasteiger partial charge in [-0.1, -0.05) is 42.0 Å². The second-order valence-corrected chi connectivity index (χ2v) is 10.1. The number of nitrogens with zero attached hydrogens (tertiary/aromatic N) is 3. The van der Waals surface area contributed by atoms with Crippen LogP contribution in [0.2, 0.25) is 0 Å². The lowest BCUT2D eigenvalue weighted by Crippen LogP contribution is -2.42. The number of non-ortho nitro benzene ring substituents is 1. The molecule has 0 bridgehead atoms. The van der Waals surface area contributed by atoms with Crippen LogP contribution in [0.4, 0.5) is 5.69 Å². The normalized spacial score (nSPS) is 19.0. The molecule has 5 rings (SSSR count). The first kappa shape index (κ1) is 28.0. The number of morpholine rings is 1. The predicted molar refractivity (Wildman–Crippen MR) is 151 cm³/mol. The monoisotopic (exact) mass is 557 g/mol. The van der Waals surface area contributed by atoms with Gasteiger partial charge in [0.05, 0.1) is 29.8 Å². The average Bonchev–Trinajstić information content (AvgIpc) is 3.24. The molecule has 0 aliphatic carbocycles. The molecule has 1 amide bonds. The van der Waals surface area contributed by atoms with Gasteiger partial charge in [0.15, 0.2) is 0 Å². The Balaban J connectivity index is 1.44. The fourth-order valence-corrected chi connectivity index (χ4v) is 5.17. The van der Waals surface area contributed by atoms with E-state index in [9.17, 15) is 24.8 Å². The van der Waals surface area contributed by atoms with Crippen molar-refractivity contribution in [3.63, 3.8) is 0 Å². The van der Waals surface area contributed by atoms with Crippen molar-refractivity contribution in [2.75, 3.05) is 39.4 Å². The Bertz CT molecular complexity index is 1480. The van der Waals surface area contributed by atoms with Crippen molar-refractivity contribution >= 4 is 23.1 Å². The molecule has 1 unspecified atom stereocenters. The van der Waals surface area contributed by atoms with E-state index in [2.05, 4.69) is 4.90 Å². The molecule has 3 aromatic carbocycles. The Kier molecular flexibility index (Phi) is 8.42. The summed E-state index contributed by atoms with van der Waals surface area (Å²) in [5.41, 5.74) is 2.58. The van der Waals surface area contributed by atoms with E-state index >= 15 is 0 Å². The van der Waals surface area contributed by atoms with Gasteiger partial charge in [-0.2, -0.15) is 0 Å². The Labute approximate surface area is 237 Å². The van der Waals surface area contributed by atoms with E-state index in [0.29, 0.717) is 56.3 Å². The van der Waals surface area contributed by atoms with Gasteiger partial charge in [0.2, 0.25) is 0 Å². The Morgan fingerprint density at radius 1 is 1.02 bits per heavy atom. The number of rotatable bonds is 9. The maximum atomic E-state index is 13.3. The summed E-state index contributed by atoms with van der Waals surface area (Å²) in [7, 11) is 0. The second kappa shape index (κ2) is 12.3. The van der Waals surface area contributed by atoms with Gasteiger partial charge in [0.1, 0.15) is 18.1 Å². The first-order valence-electron chi connectivity index (χ1n) is 13.4. The van der Waals surface area contributed by atoms with Crippen LogP contribution >= 0.6 is 0 Å². The first-order valence-corrected chi connectivity index (χ1v) is 13.4. The molecule has 10 heteroatoms. The third-order valence-corrected chi connectivity index (χ3v) is 7.31. The number of Topliss-reactive ketones (excluding diaryl/α,β-unsaturated/α-hetero) is 1. The molecule has 0 saturated carbocycles. The number of ketones is 1. The lowest BCUT2D eigenvalue weighted by Gasteiger charge is -2.31. The minimum absolute atomic E-state index is 0.106. The van der Waals surface area contributed by atoms with E-state index in [4.69, 9.17) is 9.47 Å². The standard InChI is InChI=1S/C31H31N3O7/c1-21-4-2-5-22(18-21)20-41-26-10-8-23(9-11-26)29(35)27-28(24-6-3-7-25(19-24)34(38)39)33(31(37)30(27)36)13-12-32-14-16-40-17-15-32/h2-11,18-19,28,35H,12-17,20H2,1H3. The van der Waals surface area contributed by atoms with Crippen LogP contribution in [0.5, 0.6) is 5.75 Å². The molecule has 2 fully saturated rings. The fraction of sp³-hybridized carbons (Fsp3) is 0.290. The molecule has 1 N–H and O–H groups in total. The molecule has 0 spiro atoms. The summed E-state index contributed by atoms with van der Waals surface area (Å²) in [5.74, 6) is -1.36. The van der Waals surface area contributed by atoms with Crippen molar-refractivity contribution in [3.05, 3.63) is 111 Å². The molecular formula is C31H31N3O7. The van der Waals surface area contributed by atoms with Crippen LogP contribution < -0.4 is 4.74 Å². The van der Waals surface area contributed by atoms with Gasteiger partial charge in [-0.25, -0.2) is 0 Å². The van der Waals surface area contributed by atoms with Gasteiger partial charge in [-0.15, -0.1) is 0 Å². The number of carbonyl (C=O) groups is 2. The molecule has 0 aromatic heterocycles. The summed E-state index contributed by atoms with van der Waals surface area (Å²) in [6.07, 6.45) is 0. The van der Waals surface area contributed by atoms with Crippen molar-refractivity contribution in [2.24, 2.45) is 0 Å². The van der Waals surface area contributed by atoms with Crippen LogP contribution in [-0.2, 0) is 20.9 Å². The average molecular weight is 558 g/mol. The molecule has 1 atom stereocenters. The molecule has 41 heavy (non-hydrogen) atoms. The lowest BCUT2D eigenvalue weighted by molar-refractivity contribution is -0.384. The van der Waals surface area contributed by atoms with Crippen LogP contribution in [-0.4, -0.2) is 70.9 Å². The van der Waals surface area contributed by atoms with Crippen LogP contribution in [0.3, 0.4) is 0 Å².